The first-order chi connectivity index (χ1) is 21.3. The second-order valence-corrected chi connectivity index (χ2v) is 13.2. The Morgan fingerprint density at radius 1 is 0.867 bits per heavy atom. The van der Waals surface area contributed by atoms with Gasteiger partial charge in [-0.2, -0.15) is 0 Å². The Kier molecular flexibility index (Phi) is 10.6. The highest BCUT2D eigenvalue weighted by molar-refractivity contribution is 7.90. The molecule has 0 atom stereocenters. The van der Waals surface area contributed by atoms with Gasteiger partial charge in [-0.15, -0.1) is 0 Å². The van der Waals surface area contributed by atoms with Gasteiger partial charge < -0.3 is 19.1 Å². The molecular weight excluding hydrogens is 616 g/mol. The molecule has 3 aromatic carbocycles. The molecule has 10 nitrogen and oxygen atoms in total. The van der Waals surface area contributed by atoms with Gasteiger partial charge in [0, 0.05) is 69.3 Å². The fourth-order valence-electron chi connectivity index (χ4n) is 4.94. The number of fused-ring (bicyclic) bond motifs is 1. The van der Waals surface area contributed by atoms with Crippen molar-refractivity contribution in [2.45, 2.75) is 37.1 Å². The minimum absolute atomic E-state index is 0.00239. The lowest BCUT2D eigenvalue weighted by Crippen LogP contribution is -2.30. The molecule has 0 aliphatic heterocycles. The van der Waals surface area contributed by atoms with Crippen LogP contribution in [0, 0.1) is 0 Å². The topological polar surface area (TPSA) is 118 Å². The van der Waals surface area contributed by atoms with Gasteiger partial charge in [-0.3, -0.25) is 14.4 Å². The van der Waals surface area contributed by atoms with E-state index in [1.807, 2.05) is 18.3 Å². The summed E-state index contributed by atoms with van der Waals surface area (Å²) in [4.78, 5) is 40.5. The number of amides is 3. The highest BCUT2D eigenvalue weighted by Gasteiger charge is 2.22. The number of hydrogen-bond acceptors (Lipinski definition) is 6. The summed E-state index contributed by atoms with van der Waals surface area (Å²) in [5.74, 6) is -0.351. The van der Waals surface area contributed by atoms with Crippen LogP contribution in [-0.4, -0.2) is 75.8 Å². The third-order valence-corrected chi connectivity index (χ3v) is 9.34. The number of halogens is 1. The predicted octanol–water partition coefficient (Wildman–Crippen LogP) is 4.51. The summed E-state index contributed by atoms with van der Waals surface area (Å²) in [7, 11) is 4.21. The van der Waals surface area contributed by atoms with Crippen LogP contribution in [0.25, 0.3) is 10.9 Å². The number of sulfonamides is 1. The van der Waals surface area contributed by atoms with Crippen LogP contribution in [0.5, 0.6) is 5.75 Å². The van der Waals surface area contributed by atoms with Crippen molar-refractivity contribution in [1.29, 1.82) is 0 Å². The maximum absolute atomic E-state index is 13.0. The number of benzene rings is 3. The quantitative estimate of drug-likeness (QED) is 0.241. The second-order valence-electron chi connectivity index (χ2n) is 11.1. The van der Waals surface area contributed by atoms with Gasteiger partial charge >= 0.3 is 0 Å². The Hall–Kier alpha value is -4.35. The summed E-state index contributed by atoms with van der Waals surface area (Å²) in [6.07, 6.45) is 3.88. The number of carbonyl (C=O) groups excluding carboxylic acids is 3. The van der Waals surface area contributed by atoms with Crippen LogP contribution >= 0.6 is 11.6 Å². The monoisotopic (exact) mass is 652 g/mol. The van der Waals surface area contributed by atoms with E-state index < -0.39 is 15.9 Å². The van der Waals surface area contributed by atoms with E-state index >= 15 is 0 Å². The number of hydrogen-bond donors (Lipinski definition) is 1. The molecule has 1 N–H and O–H groups in total. The molecule has 0 aliphatic rings. The molecule has 0 unspecified atom stereocenters. The molecule has 0 aliphatic carbocycles. The summed E-state index contributed by atoms with van der Waals surface area (Å²) < 4.78 is 35.4. The summed E-state index contributed by atoms with van der Waals surface area (Å²) in [5.41, 5.74) is 3.80. The molecule has 1 aromatic heterocycles. The Bertz CT molecular complexity index is 1850. The van der Waals surface area contributed by atoms with Crippen LogP contribution < -0.4 is 9.46 Å². The Balaban J connectivity index is 1.64. The van der Waals surface area contributed by atoms with Gasteiger partial charge in [-0.1, -0.05) is 41.9 Å². The third kappa shape index (κ3) is 8.03. The predicted molar refractivity (Wildman–Crippen MR) is 174 cm³/mol. The molecule has 1 heterocycles. The number of methoxy groups -OCH3 is 1. The molecule has 45 heavy (non-hydrogen) atoms. The first kappa shape index (κ1) is 33.5. The first-order valence-electron chi connectivity index (χ1n) is 14.3. The van der Waals surface area contributed by atoms with Gasteiger partial charge in [-0.25, -0.2) is 13.1 Å². The zero-order valence-electron chi connectivity index (χ0n) is 26.0. The molecule has 238 valence electrons. The van der Waals surface area contributed by atoms with Crippen molar-refractivity contribution in [2.24, 2.45) is 0 Å². The average molecular weight is 653 g/mol. The van der Waals surface area contributed by atoms with E-state index in [0.29, 0.717) is 38.0 Å². The maximum atomic E-state index is 13.0. The Labute approximate surface area is 268 Å². The minimum Gasteiger partial charge on any atom is -0.496 e. The number of nitrogens with one attached hydrogen (secondary N) is 1. The Morgan fingerprint density at radius 2 is 1.53 bits per heavy atom. The summed E-state index contributed by atoms with van der Waals surface area (Å²) in [6, 6.07) is 16.7. The molecular formula is C33H37ClN4O6S. The van der Waals surface area contributed by atoms with Gasteiger partial charge in [0.2, 0.25) is 11.8 Å². The van der Waals surface area contributed by atoms with E-state index in [9.17, 15) is 22.8 Å². The molecule has 0 radical (unpaired) electrons. The van der Waals surface area contributed by atoms with Crippen molar-refractivity contribution in [2.75, 3.05) is 35.3 Å². The van der Waals surface area contributed by atoms with E-state index in [1.165, 1.54) is 37.4 Å². The lowest BCUT2D eigenvalue weighted by atomic mass is 10.0. The summed E-state index contributed by atoms with van der Waals surface area (Å²) in [6.45, 7) is 0.376. The van der Waals surface area contributed by atoms with Crippen molar-refractivity contribution >= 4 is 50.2 Å². The molecule has 4 aromatic rings. The highest BCUT2D eigenvalue weighted by Crippen LogP contribution is 2.29. The number of rotatable bonds is 12. The molecule has 12 heteroatoms. The molecule has 0 saturated heterocycles. The van der Waals surface area contributed by atoms with Crippen molar-refractivity contribution in [3.63, 3.8) is 0 Å². The zero-order valence-corrected chi connectivity index (χ0v) is 27.5. The van der Waals surface area contributed by atoms with Crippen LogP contribution in [0.4, 0.5) is 0 Å². The normalized spacial score (nSPS) is 11.3. The molecule has 0 saturated carbocycles. The lowest BCUT2D eigenvalue weighted by Gasteiger charge is -2.14. The molecule has 0 fully saturated rings. The van der Waals surface area contributed by atoms with E-state index in [0.717, 1.165) is 27.6 Å². The van der Waals surface area contributed by atoms with Crippen LogP contribution in [0.1, 0.15) is 39.9 Å². The molecule has 0 bridgehead atoms. The lowest BCUT2D eigenvalue weighted by molar-refractivity contribution is -0.129. The number of carbonyl (C=O) groups is 3. The largest absolute Gasteiger partial charge is 0.496 e. The molecule has 3 amide bonds. The number of ether oxygens (including phenoxy) is 1. The zero-order chi connectivity index (χ0) is 32.9. The SMILES string of the molecule is COc1cc(C(=O)NS(=O)(=O)c2ccccc2Cl)ccc1Cn1cc(CCC(=O)N(C)C)c2ccc(CCC(=O)N(C)C)cc21. The van der Waals surface area contributed by atoms with Gasteiger partial charge in [0.1, 0.15) is 10.6 Å². The van der Waals surface area contributed by atoms with E-state index in [2.05, 4.69) is 15.4 Å². The fraction of sp³-hybridized carbons (Fsp3) is 0.303. The van der Waals surface area contributed by atoms with Crippen LogP contribution in [0.2, 0.25) is 5.02 Å². The molecule has 4 rings (SSSR count). The summed E-state index contributed by atoms with van der Waals surface area (Å²) in [5, 5.41) is 1.01. The minimum atomic E-state index is -4.20. The second kappa shape index (κ2) is 14.2. The number of nitrogens with zero attached hydrogens (tertiary/aromatic N) is 3. The van der Waals surface area contributed by atoms with Crippen LogP contribution in [-0.2, 0) is 39.0 Å². The average Bonchev–Trinajstić information content (AvgIpc) is 3.34. The third-order valence-electron chi connectivity index (χ3n) is 7.51. The van der Waals surface area contributed by atoms with E-state index in [4.69, 9.17) is 16.3 Å². The van der Waals surface area contributed by atoms with Gasteiger partial charge in [0.25, 0.3) is 15.9 Å². The van der Waals surface area contributed by atoms with Crippen molar-refractivity contribution < 1.29 is 27.5 Å². The van der Waals surface area contributed by atoms with Gasteiger partial charge in [0.05, 0.1) is 18.7 Å². The van der Waals surface area contributed by atoms with E-state index in [1.54, 1.807) is 50.1 Å². The summed E-state index contributed by atoms with van der Waals surface area (Å²) >= 11 is 6.04. The molecule has 0 spiro atoms. The number of aryl methyl sites for hydroxylation is 2. The smallest absolute Gasteiger partial charge is 0.265 e. The fourth-order valence-corrected chi connectivity index (χ4v) is 6.43. The van der Waals surface area contributed by atoms with Gasteiger partial charge in [0.15, 0.2) is 0 Å². The van der Waals surface area contributed by atoms with E-state index in [-0.39, 0.29) is 27.3 Å². The highest BCUT2D eigenvalue weighted by atomic mass is 35.5. The standard InChI is InChI=1S/C33H37ClN4O6S/c1-36(2)31(39)16-11-22-10-15-26-24(14-17-32(40)37(3)4)20-38(28(26)18-22)21-25-13-12-23(19-29(25)44-5)33(41)35-45(42,43)30-9-7-6-8-27(30)34/h6-10,12-13,15,18-20H,11,14,16-17,21H2,1-5H3,(H,35,41). The number of aromatic nitrogens is 1. The van der Waals surface area contributed by atoms with Gasteiger partial charge in [-0.05, 0) is 54.3 Å². The van der Waals surface area contributed by atoms with Crippen molar-refractivity contribution in [3.8, 4) is 5.75 Å². The maximum Gasteiger partial charge on any atom is 0.265 e. The van der Waals surface area contributed by atoms with Crippen LogP contribution in [0.15, 0.2) is 71.8 Å². The van der Waals surface area contributed by atoms with Crippen LogP contribution in [0.3, 0.4) is 0 Å². The Morgan fingerprint density at radius 3 is 2.18 bits per heavy atom. The van der Waals surface area contributed by atoms with Crippen molar-refractivity contribution in [1.82, 2.24) is 19.1 Å². The van der Waals surface area contributed by atoms with Crippen molar-refractivity contribution in [3.05, 3.63) is 94.1 Å². The first-order valence-corrected chi connectivity index (χ1v) is 16.2.